The van der Waals surface area contributed by atoms with Gasteiger partial charge in [-0.15, -0.1) is 0 Å². The lowest BCUT2D eigenvalue weighted by atomic mass is 10.2. The molecule has 0 aliphatic carbocycles. The summed E-state index contributed by atoms with van der Waals surface area (Å²) >= 11 is 4.36. The number of aliphatic carboxylic acids is 1. The number of hydrogen-bond acceptors (Lipinski definition) is 3. The third kappa shape index (κ3) is 3.69. The molecule has 4 nitrogen and oxygen atoms in total. The van der Waals surface area contributed by atoms with Crippen LogP contribution in [-0.4, -0.2) is 28.8 Å². The van der Waals surface area contributed by atoms with Gasteiger partial charge in [0.15, 0.2) is 0 Å². The van der Waals surface area contributed by atoms with Gasteiger partial charge in [-0.25, -0.2) is 4.79 Å². The van der Waals surface area contributed by atoms with Gasteiger partial charge in [0.25, 0.3) is 5.78 Å². The average molecular weight is 229 g/mol. The van der Waals surface area contributed by atoms with Crippen LogP contribution in [0.5, 0.6) is 0 Å². The van der Waals surface area contributed by atoms with E-state index in [2.05, 4.69) is 16.3 Å². The zero-order valence-corrected chi connectivity index (χ0v) is 7.85. The Bertz CT molecular complexity index is 269. The molecule has 14 heavy (non-hydrogen) atoms. The van der Waals surface area contributed by atoms with Gasteiger partial charge in [0.05, 0.1) is 6.61 Å². The van der Waals surface area contributed by atoms with Crippen LogP contribution >= 0.6 is 11.6 Å². The first-order chi connectivity index (χ1) is 6.30. The zero-order chi connectivity index (χ0) is 11.4. The lowest BCUT2D eigenvalue weighted by Crippen LogP contribution is -2.27. The molecule has 0 unspecified atom stereocenters. The van der Waals surface area contributed by atoms with E-state index < -0.39 is 22.7 Å². The van der Waals surface area contributed by atoms with Crippen LogP contribution in [-0.2, 0) is 14.3 Å². The van der Waals surface area contributed by atoms with Crippen molar-refractivity contribution in [1.29, 1.82) is 0 Å². The van der Waals surface area contributed by atoms with Crippen LogP contribution in [0, 0.1) is 0 Å². The molecule has 0 heterocycles. The van der Waals surface area contributed by atoms with Crippen molar-refractivity contribution in [3.63, 3.8) is 0 Å². The summed E-state index contributed by atoms with van der Waals surface area (Å²) in [6.45, 7) is 1.55. The van der Waals surface area contributed by atoms with Crippen molar-refractivity contribution in [2.75, 3.05) is 6.61 Å². The van der Waals surface area contributed by atoms with Crippen LogP contribution in [0.2, 0.25) is 0 Å². The number of Topliss-reactive ketones (excluding diaryl/α,β-unsaturated/α-hetero) is 1. The molecule has 0 fully saturated rings. The van der Waals surface area contributed by atoms with Crippen molar-refractivity contribution in [3.8, 4) is 0 Å². The van der Waals surface area contributed by atoms with Gasteiger partial charge in [0.2, 0.25) is 0 Å². The third-order valence-electron chi connectivity index (χ3n) is 1.10. The molecule has 0 saturated heterocycles. The Morgan fingerprint density at radius 1 is 1.57 bits per heavy atom. The second-order valence-electron chi connectivity index (χ2n) is 2.12. The molecule has 0 atom stereocenters. The maximum Gasteiger partial charge on any atom is 0.385 e. The van der Waals surface area contributed by atoms with E-state index in [0.29, 0.717) is 6.26 Å². The second-order valence-corrected chi connectivity index (χ2v) is 2.59. The molecule has 1 N–H and O–H groups in total. The molecule has 0 saturated carbocycles. The molecule has 0 aromatic heterocycles. The number of ketones is 1. The SMILES string of the molecule is CCOC=C(C(=O)O)C(=O)C(F)(F)Cl. The van der Waals surface area contributed by atoms with E-state index >= 15 is 0 Å². The van der Waals surface area contributed by atoms with E-state index in [0.717, 1.165) is 0 Å². The van der Waals surface area contributed by atoms with Gasteiger partial charge in [-0.1, -0.05) is 0 Å². The van der Waals surface area contributed by atoms with E-state index in [1.54, 1.807) is 0 Å². The van der Waals surface area contributed by atoms with E-state index in [9.17, 15) is 18.4 Å². The molecule has 0 aliphatic heterocycles. The standard InChI is InChI=1S/C7H7ClF2O4/c1-2-14-3-4(6(12)13)5(11)7(8,9)10/h3H,2H2,1H3,(H,12,13). The highest BCUT2D eigenvalue weighted by molar-refractivity contribution is 6.38. The molecular weight excluding hydrogens is 222 g/mol. The van der Waals surface area contributed by atoms with Crippen LogP contribution in [0.25, 0.3) is 0 Å². The summed E-state index contributed by atoms with van der Waals surface area (Å²) in [6, 6.07) is 0. The number of carbonyl (C=O) groups excluding carboxylic acids is 1. The van der Waals surface area contributed by atoms with Gasteiger partial charge in [0.1, 0.15) is 11.8 Å². The first-order valence-electron chi connectivity index (χ1n) is 3.47. The van der Waals surface area contributed by atoms with Crippen LogP contribution < -0.4 is 0 Å². The van der Waals surface area contributed by atoms with Crippen molar-refractivity contribution >= 4 is 23.4 Å². The summed E-state index contributed by atoms with van der Waals surface area (Å²) in [5, 5.41) is 4.14. The minimum Gasteiger partial charge on any atom is -0.500 e. The molecule has 0 amide bonds. The predicted molar refractivity (Wildman–Crippen MR) is 43.2 cm³/mol. The van der Waals surface area contributed by atoms with Crippen molar-refractivity contribution < 1.29 is 28.2 Å². The van der Waals surface area contributed by atoms with Crippen LogP contribution in [0.15, 0.2) is 11.8 Å². The monoisotopic (exact) mass is 228 g/mol. The van der Waals surface area contributed by atoms with Crippen LogP contribution in [0.1, 0.15) is 6.92 Å². The fourth-order valence-electron chi connectivity index (χ4n) is 0.520. The number of carboxylic acid groups (broad SMARTS) is 1. The van der Waals surface area contributed by atoms with Gasteiger partial charge in [-0.05, 0) is 18.5 Å². The smallest absolute Gasteiger partial charge is 0.385 e. The van der Waals surface area contributed by atoms with Crippen LogP contribution in [0.4, 0.5) is 8.78 Å². The van der Waals surface area contributed by atoms with Crippen molar-refractivity contribution in [1.82, 2.24) is 0 Å². The molecule has 0 aromatic rings. The zero-order valence-electron chi connectivity index (χ0n) is 7.09. The molecule has 0 spiro atoms. The maximum absolute atomic E-state index is 12.2. The maximum atomic E-state index is 12.2. The number of ether oxygens (including phenoxy) is 1. The Hall–Kier alpha value is -1.17. The highest BCUT2D eigenvalue weighted by Crippen LogP contribution is 2.23. The van der Waals surface area contributed by atoms with Gasteiger partial charge in [-0.2, -0.15) is 8.78 Å². The van der Waals surface area contributed by atoms with Crippen molar-refractivity contribution in [2.45, 2.75) is 12.3 Å². The van der Waals surface area contributed by atoms with E-state index in [1.807, 2.05) is 0 Å². The highest BCUT2D eigenvalue weighted by Gasteiger charge is 2.41. The quantitative estimate of drug-likeness (QED) is 0.254. The lowest BCUT2D eigenvalue weighted by Gasteiger charge is -2.06. The van der Waals surface area contributed by atoms with Crippen molar-refractivity contribution in [2.24, 2.45) is 0 Å². The van der Waals surface area contributed by atoms with E-state index in [1.165, 1.54) is 6.92 Å². The van der Waals surface area contributed by atoms with Gasteiger partial charge < -0.3 is 9.84 Å². The first-order valence-corrected chi connectivity index (χ1v) is 3.85. The molecule has 7 heteroatoms. The summed E-state index contributed by atoms with van der Waals surface area (Å²) in [4.78, 5) is 21.0. The summed E-state index contributed by atoms with van der Waals surface area (Å²) < 4.78 is 28.8. The second kappa shape index (κ2) is 4.90. The summed E-state index contributed by atoms with van der Waals surface area (Å²) in [6.07, 6.45) is 0.445. The number of halogens is 3. The normalized spacial score (nSPS) is 12.4. The Balaban J connectivity index is 4.86. The molecule has 0 bridgehead atoms. The van der Waals surface area contributed by atoms with Gasteiger partial charge in [-0.3, -0.25) is 4.79 Å². The molecule has 0 aromatic carbocycles. The number of carboxylic acids is 1. The highest BCUT2D eigenvalue weighted by atomic mass is 35.5. The molecule has 0 radical (unpaired) electrons. The Kier molecular flexibility index (Phi) is 4.49. The molecule has 0 aliphatic rings. The number of rotatable bonds is 5. The molecule has 0 rings (SSSR count). The van der Waals surface area contributed by atoms with Crippen LogP contribution in [0.3, 0.4) is 0 Å². The number of hydrogen-bond donors (Lipinski definition) is 1. The third-order valence-corrected chi connectivity index (χ3v) is 1.27. The fraction of sp³-hybridized carbons (Fsp3) is 0.429. The van der Waals surface area contributed by atoms with Gasteiger partial charge in [0, 0.05) is 0 Å². The Morgan fingerprint density at radius 3 is 2.36 bits per heavy atom. The van der Waals surface area contributed by atoms with E-state index in [-0.39, 0.29) is 6.61 Å². The number of carbonyl (C=O) groups is 2. The summed E-state index contributed by atoms with van der Waals surface area (Å²) in [5.74, 6) is -3.82. The molecular formula is C7H7ClF2O4. The first kappa shape index (κ1) is 12.8. The average Bonchev–Trinajstić information content (AvgIpc) is 2.02. The minimum atomic E-state index is -4.23. The lowest BCUT2D eigenvalue weighted by molar-refractivity contribution is -0.138. The van der Waals surface area contributed by atoms with Crippen molar-refractivity contribution in [3.05, 3.63) is 11.8 Å². The fourth-order valence-corrected chi connectivity index (χ4v) is 0.622. The van der Waals surface area contributed by atoms with Gasteiger partial charge >= 0.3 is 11.4 Å². The topological polar surface area (TPSA) is 63.6 Å². The molecule has 80 valence electrons. The predicted octanol–water partition coefficient (Wildman–Crippen LogP) is 1.39. The minimum absolute atomic E-state index is 0.0535. The van der Waals surface area contributed by atoms with E-state index in [4.69, 9.17) is 5.11 Å². The Labute approximate surface area is 83.1 Å². The summed E-state index contributed by atoms with van der Waals surface area (Å²) in [7, 11) is 0. The largest absolute Gasteiger partial charge is 0.500 e. The Morgan fingerprint density at radius 2 is 2.07 bits per heavy atom. The summed E-state index contributed by atoms with van der Waals surface area (Å²) in [5.41, 5.74) is -1.19. The number of alkyl halides is 3.